The monoisotopic (exact) mass is 258 g/mol. The van der Waals surface area contributed by atoms with E-state index in [1.54, 1.807) is 6.33 Å². The van der Waals surface area contributed by atoms with E-state index < -0.39 is 0 Å². The maximum absolute atomic E-state index is 4.28. The van der Waals surface area contributed by atoms with Crippen molar-refractivity contribution in [3.8, 4) is 0 Å². The normalized spacial score (nSPS) is 12.6. The van der Waals surface area contributed by atoms with Crippen molar-refractivity contribution in [2.75, 3.05) is 7.05 Å². The van der Waals surface area contributed by atoms with Crippen LogP contribution < -0.4 is 5.32 Å². The molecule has 19 heavy (non-hydrogen) atoms. The number of likely N-dealkylation sites (N-methyl/N-ethyl adjacent to an activating group) is 1. The van der Waals surface area contributed by atoms with Gasteiger partial charge in [0.05, 0.1) is 0 Å². The predicted octanol–water partition coefficient (Wildman–Crippen LogP) is 1.89. The van der Waals surface area contributed by atoms with Crippen LogP contribution in [-0.2, 0) is 19.9 Å². The standard InChI is InChI=1S/C15H22N4/c1-12-4-6-13(7-5-12)8-9-14(16-2)10-15-17-11-18-19(15)3/h4-7,11,14,16H,8-10H2,1-3H3. The Bertz CT molecular complexity index is 501. The Hall–Kier alpha value is -1.68. The van der Waals surface area contributed by atoms with Crippen molar-refractivity contribution in [2.45, 2.75) is 32.2 Å². The van der Waals surface area contributed by atoms with Gasteiger partial charge in [-0.3, -0.25) is 4.68 Å². The van der Waals surface area contributed by atoms with E-state index in [9.17, 15) is 0 Å². The van der Waals surface area contributed by atoms with E-state index >= 15 is 0 Å². The van der Waals surface area contributed by atoms with E-state index in [2.05, 4.69) is 46.6 Å². The molecule has 1 heterocycles. The minimum Gasteiger partial charge on any atom is -0.317 e. The maximum atomic E-state index is 4.28. The second-order valence-corrected chi connectivity index (χ2v) is 5.01. The van der Waals surface area contributed by atoms with Gasteiger partial charge in [0.2, 0.25) is 0 Å². The summed E-state index contributed by atoms with van der Waals surface area (Å²) >= 11 is 0. The third-order valence-electron chi connectivity index (χ3n) is 3.54. The lowest BCUT2D eigenvalue weighted by molar-refractivity contribution is 0.497. The lowest BCUT2D eigenvalue weighted by atomic mass is 10.0. The van der Waals surface area contributed by atoms with Crippen LogP contribution in [0.4, 0.5) is 0 Å². The highest BCUT2D eigenvalue weighted by Crippen LogP contribution is 2.09. The first-order valence-electron chi connectivity index (χ1n) is 6.74. The zero-order chi connectivity index (χ0) is 13.7. The molecule has 2 aromatic rings. The molecule has 0 aliphatic carbocycles. The number of nitrogens with zero attached hydrogens (tertiary/aromatic N) is 3. The van der Waals surface area contributed by atoms with Gasteiger partial charge >= 0.3 is 0 Å². The van der Waals surface area contributed by atoms with Crippen LogP contribution in [0.5, 0.6) is 0 Å². The summed E-state index contributed by atoms with van der Waals surface area (Å²) in [5.74, 6) is 1.03. The zero-order valence-electron chi connectivity index (χ0n) is 11.9. The molecule has 0 radical (unpaired) electrons. The van der Waals surface area contributed by atoms with Crippen LogP contribution in [0.2, 0.25) is 0 Å². The Labute approximate surface area is 114 Å². The molecule has 1 unspecified atom stereocenters. The quantitative estimate of drug-likeness (QED) is 0.860. The van der Waals surface area contributed by atoms with Gasteiger partial charge in [0, 0.05) is 19.5 Å². The summed E-state index contributed by atoms with van der Waals surface area (Å²) in [6, 6.07) is 9.21. The molecule has 0 fully saturated rings. The molecule has 1 aromatic carbocycles. The van der Waals surface area contributed by atoms with Gasteiger partial charge in [-0.2, -0.15) is 5.10 Å². The molecular weight excluding hydrogens is 236 g/mol. The number of rotatable bonds is 6. The van der Waals surface area contributed by atoms with Crippen LogP contribution in [0, 0.1) is 6.92 Å². The summed E-state index contributed by atoms with van der Waals surface area (Å²) in [7, 11) is 3.95. The topological polar surface area (TPSA) is 42.7 Å². The number of hydrogen-bond donors (Lipinski definition) is 1. The van der Waals surface area contributed by atoms with Gasteiger partial charge in [0.1, 0.15) is 12.2 Å². The summed E-state index contributed by atoms with van der Waals surface area (Å²) in [5.41, 5.74) is 2.71. The van der Waals surface area contributed by atoms with Crippen molar-refractivity contribution in [2.24, 2.45) is 7.05 Å². The van der Waals surface area contributed by atoms with Gasteiger partial charge in [-0.1, -0.05) is 29.8 Å². The van der Waals surface area contributed by atoms with Crippen LogP contribution in [-0.4, -0.2) is 27.9 Å². The predicted molar refractivity (Wildman–Crippen MR) is 77.1 cm³/mol. The van der Waals surface area contributed by atoms with Gasteiger partial charge in [0.25, 0.3) is 0 Å². The first-order chi connectivity index (χ1) is 9.19. The fourth-order valence-electron chi connectivity index (χ4n) is 2.17. The third kappa shape index (κ3) is 3.89. The van der Waals surface area contributed by atoms with E-state index in [4.69, 9.17) is 0 Å². The second-order valence-electron chi connectivity index (χ2n) is 5.01. The lowest BCUT2D eigenvalue weighted by Crippen LogP contribution is -2.29. The van der Waals surface area contributed by atoms with Gasteiger partial charge < -0.3 is 5.32 Å². The van der Waals surface area contributed by atoms with E-state index in [0.717, 1.165) is 25.1 Å². The molecule has 0 aliphatic heterocycles. The number of aromatic nitrogens is 3. The molecule has 0 amide bonds. The molecule has 0 aliphatic rings. The van der Waals surface area contributed by atoms with Crippen LogP contribution in [0.1, 0.15) is 23.4 Å². The molecule has 102 valence electrons. The minimum absolute atomic E-state index is 0.434. The highest BCUT2D eigenvalue weighted by molar-refractivity contribution is 5.21. The number of nitrogens with one attached hydrogen (secondary N) is 1. The second kappa shape index (κ2) is 6.48. The Morgan fingerprint density at radius 1 is 1.26 bits per heavy atom. The molecule has 1 atom stereocenters. The van der Waals surface area contributed by atoms with E-state index in [-0.39, 0.29) is 0 Å². The Kier molecular flexibility index (Phi) is 4.68. The van der Waals surface area contributed by atoms with Gasteiger partial charge in [-0.25, -0.2) is 4.98 Å². The average molecular weight is 258 g/mol. The highest BCUT2D eigenvalue weighted by atomic mass is 15.3. The SMILES string of the molecule is CNC(CCc1ccc(C)cc1)Cc1ncnn1C. The van der Waals surface area contributed by atoms with Crippen LogP contribution >= 0.6 is 0 Å². The van der Waals surface area contributed by atoms with Crippen LogP contribution in [0.25, 0.3) is 0 Å². The molecule has 4 heteroatoms. The maximum Gasteiger partial charge on any atom is 0.138 e. The van der Waals surface area contributed by atoms with E-state index in [1.807, 2.05) is 18.8 Å². The Morgan fingerprint density at radius 3 is 2.58 bits per heavy atom. The molecule has 0 bridgehead atoms. The van der Waals surface area contributed by atoms with Crippen molar-refractivity contribution >= 4 is 0 Å². The van der Waals surface area contributed by atoms with Crippen molar-refractivity contribution < 1.29 is 0 Å². The van der Waals surface area contributed by atoms with Gasteiger partial charge in [-0.15, -0.1) is 0 Å². The number of hydrogen-bond acceptors (Lipinski definition) is 3. The minimum atomic E-state index is 0.434. The zero-order valence-corrected chi connectivity index (χ0v) is 11.9. The molecule has 1 aromatic heterocycles. The Balaban J connectivity index is 1.89. The molecule has 4 nitrogen and oxygen atoms in total. The third-order valence-corrected chi connectivity index (χ3v) is 3.54. The first kappa shape index (κ1) is 13.7. The molecular formula is C15H22N4. The fraction of sp³-hybridized carbons (Fsp3) is 0.467. The smallest absolute Gasteiger partial charge is 0.138 e. The molecule has 2 rings (SSSR count). The van der Waals surface area contributed by atoms with Crippen molar-refractivity contribution in [3.63, 3.8) is 0 Å². The summed E-state index contributed by atoms with van der Waals surface area (Å²) in [5, 5.41) is 7.48. The Morgan fingerprint density at radius 2 is 2.00 bits per heavy atom. The van der Waals surface area contributed by atoms with Gasteiger partial charge in [0.15, 0.2) is 0 Å². The molecule has 0 saturated carbocycles. The molecule has 1 N–H and O–H groups in total. The van der Waals surface area contributed by atoms with E-state index in [1.165, 1.54) is 11.1 Å². The van der Waals surface area contributed by atoms with Crippen LogP contribution in [0.15, 0.2) is 30.6 Å². The van der Waals surface area contributed by atoms with Gasteiger partial charge in [-0.05, 0) is 32.4 Å². The summed E-state index contributed by atoms with van der Waals surface area (Å²) < 4.78 is 1.84. The summed E-state index contributed by atoms with van der Waals surface area (Å²) in [6.07, 6.45) is 4.72. The van der Waals surface area contributed by atoms with Crippen LogP contribution in [0.3, 0.4) is 0 Å². The van der Waals surface area contributed by atoms with Crippen molar-refractivity contribution in [1.82, 2.24) is 20.1 Å². The molecule has 0 saturated heterocycles. The van der Waals surface area contributed by atoms with Crippen molar-refractivity contribution in [3.05, 3.63) is 47.5 Å². The highest BCUT2D eigenvalue weighted by Gasteiger charge is 2.11. The van der Waals surface area contributed by atoms with Crippen molar-refractivity contribution in [1.29, 1.82) is 0 Å². The summed E-state index contributed by atoms with van der Waals surface area (Å²) in [6.45, 7) is 2.12. The average Bonchev–Trinajstić information content (AvgIpc) is 2.82. The van der Waals surface area contributed by atoms with E-state index in [0.29, 0.717) is 6.04 Å². The number of aryl methyl sites for hydroxylation is 3. The summed E-state index contributed by atoms with van der Waals surface area (Å²) in [4.78, 5) is 4.28. The number of benzene rings is 1. The largest absolute Gasteiger partial charge is 0.317 e. The fourth-order valence-corrected chi connectivity index (χ4v) is 2.17. The molecule has 0 spiro atoms. The first-order valence-corrected chi connectivity index (χ1v) is 6.74. The lowest BCUT2D eigenvalue weighted by Gasteiger charge is -2.15.